The molecule has 3 aromatic rings. The molecule has 1 saturated heterocycles. The van der Waals surface area contributed by atoms with E-state index in [1.165, 1.54) is 19.4 Å². The molecule has 0 bridgehead atoms. The summed E-state index contributed by atoms with van der Waals surface area (Å²) in [5, 5.41) is 9.88. The molecule has 0 unspecified atom stereocenters. The summed E-state index contributed by atoms with van der Waals surface area (Å²) in [5.74, 6) is -0.150. The van der Waals surface area contributed by atoms with Crippen molar-refractivity contribution in [1.82, 2.24) is 20.2 Å². The molecule has 0 radical (unpaired) electrons. The molecule has 1 aromatic carbocycles. The first-order valence-electron chi connectivity index (χ1n) is 9.64. The summed E-state index contributed by atoms with van der Waals surface area (Å²) in [4.78, 5) is 10.3. The summed E-state index contributed by atoms with van der Waals surface area (Å²) in [6.07, 6.45) is -2.62. The van der Waals surface area contributed by atoms with Crippen molar-refractivity contribution in [1.29, 1.82) is 0 Å². The lowest BCUT2D eigenvalue weighted by molar-refractivity contribution is -0.179. The Morgan fingerprint density at radius 2 is 1.90 bits per heavy atom. The van der Waals surface area contributed by atoms with Crippen LogP contribution in [0.2, 0.25) is 0 Å². The Morgan fingerprint density at radius 1 is 1.13 bits per heavy atom. The van der Waals surface area contributed by atoms with E-state index >= 15 is 0 Å². The second kappa shape index (κ2) is 8.40. The number of piperidine rings is 1. The molecule has 2 N–H and O–H groups in total. The van der Waals surface area contributed by atoms with E-state index in [0.29, 0.717) is 34.6 Å². The first kappa shape index (κ1) is 20.9. The number of hydrogen-bond donors (Lipinski definition) is 2. The van der Waals surface area contributed by atoms with Crippen molar-refractivity contribution >= 4 is 17.6 Å². The van der Waals surface area contributed by atoms with E-state index in [9.17, 15) is 17.6 Å². The molecular formula is C20H20F4N6O. The van der Waals surface area contributed by atoms with Gasteiger partial charge in [-0.25, -0.2) is 9.37 Å². The van der Waals surface area contributed by atoms with Gasteiger partial charge in [0.15, 0.2) is 5.82 Å². The van der Waals surface area contributed by atoms with Gasteiger partial charge in [-0.2, -0.15) is 23.3 Å². The Balaban J connectivity index is 1.44. The molecule has 1 aliphatic heterocycles. The SMILES string of the molecule is COc1ccc(-c2cc(Nc3ccnc(N4CCC(C(F)(F)F)CC4)n3)n[nH]2)c(F)c1. The normalized spacial score (nSPS) is 15.2. The van der Waals surface area contributed by atoms with Crippen LogP contribution in [0.1, 0.15) is 12.8 Å². The lowest BCUT2D eigenvalue weighted by atomic mass is 9.96. The van der Waals surface area contributed by atoms with E-state index in [1.54, 1.807) is 29.2 Å². The number of aromatic amines is 1. The smallest absolute Gasteiger partial charge is 0.391 e. The zero-order valence-electron chi connectivity index (χ0n) is 16.6. The van der Waals surface area contributed by atoms with Crippen molar-refractivity contribution in [3.8, 4) is 17.0 Å². The fraction of sp³-hybridized carbons (Fsp3) is 0.350. The fourth-order valence-electron chi connectivity index (χ4n) is 3.47. The number of anilines is 3. The summed E-state index contributed by atoms with van der Waals surface area (Å²) >= 11 is 0. The second-order valence-electron chi connectivity index (χ2n) is 7.18. The number of benzene rings is 1. The number of nitrogens with zero attached hydrogens (tertiary/aromatic N) is 4. The molecule has 0 aliphatic carbocycles. The van der Waals surface area contributed by atoms with Crippen molar-refractivity contribution in [2.24, 2.45) is 5.92 Å². The minimum absolute atomic E-state index is 0.0146. The van der Waals surface area contributed by atoms with Gasteiger partial charge in [-0.1, -0.05) is 0 Å². The van der Waals surface area contributed by atoms with E-state index in [1.807, 2.05) is 0 Å². The van der Waals surface area contributed by atoms with Crippen LogP contribution >= 0.6 is 0 Å². The molecule has 1 fully saturated rings. The third-order valence-electron chi connectivity index (χ3n) is 5.18. The Bertz CT molecular complexity index is 1050. The molecule has 11 heteroatoms. The minimum atomic E-state index is -4.17. The largest absolute Gasteiger partial charge is 0.497 e. The molecule has 0 saturated carbocycles. The summed E-state index contributed by atoms with van der Waals surface area (Å²) in [5.41, 5.74) is 0.795. The Morgan fingerprint density at radius 3 is 2.58 bits per heavy atom. The zero-order chi connectivity index (χ0) is 22.0. The summed E-state index contributed by atoms with van der Waals surface area (Å²) in [7, 11) is 1.46. The summed E-state index contributed by atoms with van der Waals surface area (Å²) < 4.78 is 57.9. The van der Waals surface area contributed by atoms with E-state index in [2.05, 4.69) is 25.5 Å². The summed E-state index contributed by atoms with van der Waals surface area (Å²) in [6, 6.07) is 7.75. The van der Waals surface area contributed by atoms with Gasteiger partial charge in [0.05, 0.1) is 18.7 Å². The monoisotopic (exact) mass is 436 g/mol. The van der Waals surface area contributed by atoms with Crippen LogP contribution in [-0.4, -0.2) is 46.5 Å². The van der Waals surface area contributed by atoms with Gasteiger partial charge in [0.25, 0.3) is 0 Å². The van der Waals surface area contributed by atoms with Crippen LogP contribution < -0.4 is 15.0 Å². The average molecular weight is 436 g/mol. The molecule has 7 nitrogen and oxygen atoms in total. The topological polar surface area (TPSA) is 79.0 Å². The predicted molar refractivity (Wildman–Crippen MR) is 107 cm³/mol. The molecule has 0 atom stereocenters. The van der Waals surface area contributed by atoms with E-state index in [-0.39, 0.29) is 25.9 Å². The maximum absolute atomic E-state index is 14.3. The van der Waals surface area contributed by atoms with Crippen LogP contribution in [0.15, 0.2) is 36.5 Å². The number of H-pyrrole nitrogens is 1. The van der Waals surface area contributed by atoms with Gasteiger partial charge in [0.1, 0.15) is 17.4 Å². The molecule has 0 amide bonds. The van der Waals surface area contributed by atoms with Gasteiger partial charge >= 0.3 is 6.18 Å². The third-order valence-corrected chi connectivity index (χ3v) is 5.18. The van der Waals surface area contributed by atoms with Gasteiger partial charge in [-0.3, -0.25) is 5.10 Å². The summed E-state index contributed by atoms with van der Waals surface area (Å²) in [6.45, 7) is 0.466. The number of nitrogens with one attached hydrogen (secondary N) is 2. The number of hydrogen-bond acceptors (Lipinski definition) is 6. The van der Waals surface area contributed by atoms with Crippen molar-refractivity contribution in [3.63, 3.8) is 0 Å². The highest BCUT2D eigenvalue weighted by Gasteiger charge is 2.41. The number of aromatic nitrogens is 4. The van der Waals surface area contributed by atoms with Gasteiger partial charge in [0, 0.05) is 37.0 Å². The standard InChI is InChI=1S/C20H20F4N6O/c1-31-13-2-3-14(15(21)10-13)16-11-18(29-28-16)26-17-4-7-25-19(27-17)30-8-5-12(6-9-30)20(22,23)24/h2-4,7,10-12H,5-6,8-9H2,1H3,(H2,25,26,27,28,29). The lowest BCUT2D eigenvalue weighted by Crippen LogP contribution is -2.39. The van der Waals surface area contributed by atoms with Crippen LogP contribution in [0, 0.1) is 11.7 Å². The number of methoxy groups -OCH3 is 1. The molecule has 1 aliphatic rings. The number of alkyl halides is 3. The molecular weight excluding hydrogens is 416 g/mol. The van der Waals surface area contributed by atoms with Gasteiger partial charge in [0.2, 0.25) is 5.95 Å². The van der Waals surface area contributed by atoms with Gasteiger partial charge in [-0.05, 0) is 31.0 Å². The van der Waals surface area contributed by atoms with E-state index in [4.69, 9.17) is 4.74 Å². The first-order chi connectivity index (χ1) is 14.8. The zero-order valence-corrected chi connectivity index (χ0v) is 16.6. The van der Waals surface area contributed by atoms with Crippen LogP contribution in [0.3, 0.4) is 0 Å². The second-order valence-corrected chi connectivity index (χ2v) is 7.18. The molecule has 164 valence electrons. The first-order valence-corrected chi connectivity index (χ1v) is 9.64. The molecule has 31 heavy (non-hydrogen) atoms. The Hall–Kier alpha value is -3.37. The minimum Gasteiger partial charge on any atom is -0.497 e. The highest BCUT2D eigenvalue weighted by atomic mass is 19.4. The number of rotatable bonds is 5. The Labute approximate surface area is 175 Å². The highest BCUT2D eigenvalue weighted by molar-refractivity contribution is 5.66. The van der Waals surface area contributed by atoms with Crippen molar-refractivity contribution in [2.75, 3.05) is 30.4 Å². The fourth-order valence-corrected chi connectivity index (χ4v) is 3.47. The highest BCUT2D eigenvalue weighted by Crippen LogP contribution is 2.35. The molecule has 2 aromatic heterocycles. The lowest BCUT2D eigenvalue weighted by Gasteiger charge is -2.32. The molecule has 3 heterocycles. The third kappa shape index (κ3) is 4.70. The van der Waals surface area contributed by atoms with Gasteiger partial charge < -0.3 is 15.0 Å². The number of ether oxygens (including phenoxy) is 1. The van der Waals surface area contributed by atoms with Gasteiger partial charge in [-0.15, -0.1) is 0 Å². The van der Waals surface area contributed by atoms with Crippen LogP contribution in [0.5, 0.6) is 5.75 Å². The van der Waals surface area contributed by atoms with Crippen molar-refractivity contribution in [2.45, 2.75) is 19.0 Å². The van der Waals surface area contributed by atoms with E-state index in [0.717, 1.165) is 0 Å². The average Bonchev–Trinajstić information content (AvgIpc) is 3.21. The van der Waals surface area contributed by atoms with E-state index < -0.39 is 17.9 Å². The number of halogens is 4. The van der Waals surface area contributed by atoms with Crippen LogP contribution in [0.25, 0.3) is 11.3 Å². The molecule has 4 rings (SSSR count). The van der Waals surface area contributed by atoms with Crippen molar-refractivity contribution in [3.05, 3.63) is 42.3 Å². The van der Waals surface area contributed by atoms with Crippen LogP contribution in [0.4, 0.5) is 35.1 Å². The molecule has 0 spiro atoms. The van der Waals surface area contributed by atoms with Crippen LogP contribution in [-0.2, 0) is 0 Å². The Kier molecular flexibility index (Phi) is 5.66. The maximum Gasteiger partial charge on any atom is 0.391 e. The predicted octanol–water partition coefficient (Wildman–Crippen LogP) is 4.54. The maximum atomic E-state index is 14.3. The van der Waals surface area contributed by atoms with Crippen molar-refractivity contribution < 1.29 is 22.3 Å². The quantitative estimate of drug-likeness (QED) is 0.572.